The van der Waals surface area contributed by atoms with Crippen molar-refractivity contribution < 1.29 is 0 Å². The van der Waals surface area contributed by atoms with Crippen LogP contribution in [0.4, 0.5) is 34.1 Å². The van der Waals surface area contributed by atoms with Gasteiger partial charge in [-0.3, -0.25) is 0 Å². The molecule has 0 saturated carbocycles. The molecule has 2 nitrogen and oxygen atoms in total. The smallest absolute Gasteiger partial charge is 0.0462 e. The highest BCUT2D eigenvalue weighted by Crippen LogP contribution is 2.40. The summed E-state index contributed by atoms with van der Waals surface area (Å²) in [7, 11) is 0. The van der Waals surface area contributed by atoms with Gasteiger partial charge in [0.25, 0.3) is 0 Å². The first-order valence-corrected chi connectivity index (χ1v) is 21.8. The van der Waals surface area contributed by atoms with Crippen LogP contribution in [0.15, 0.2) is 267 Å². The Labute approximate surface area is 377 Å². The Morgan fingerprint density at radius 1 is 0.203 bits per heavy atom. The van der Waals surface area contributed by atoms with Crippen molar-refractivity contribution in [1.29, 1.82) is 0 Å². The lowest BCUT2D eigenvalue weighted by Crippen LogP contribution is -2.10. The molecule has 0 saturated heterocycles. The van der Waals surface area contributed by atoms with Crippen LogP contribution in [0, 0.1) is 0 Å². The maximum Gasteiger partial charge on any atom is 0.0462 e. The summed E-state index contributed by atoms with van der Waals surface area (Å²) < 4.78 is 0. The fourth-order valence-corrected chi connectivity index (χ4v) is 8.41. The average Bonchev–Trinajstić information content (AvgIpc) is 3.38. The zero-order valence-electron chi connectivity index (χ0n) is 35.5. The van der Waals surface area contributed by atoms with Gasteiger partial charge in [0.05, 0.1) is 0 Å². The van der Waals surface area contributed by atoms with Gasteiger partial charge >= 0.3 is 0 Å². The van der Waals surface area contributed by atoms with Crippen LogP contribution in [0.5, 0.6) is 0 Å². The van der Waals surface area contributed by atoms with Gasteiger partial charge in [0.1, 0.15) is 0 Å². The summed E-state index contributed by atoms with van der Waals surface area (Å²) in [5.74, 6) is 0. The highest BCUT2D eigenvalue weighted by atomic mass is 15.1. The Hall–Kier alpha value is -8.46. The van der Waals surface area contributed by atoms with Crippen LogP contribution < -0.4 is 9.80 Å². The van der Waals surface area contributed by atoms with Crippen molar-refractivity contribution in [3.8, 4) is 55.6 Å². The molecule has 0 radical (unpaired) electrons. The van der Waals surface area contributed by atoms with E-state index in [0.29, 0.717) is 0 Å². The SMILES string of the molecule is C=Cc1ccc(-c2ccc(-c3ccc(N(c4ccccc4)c4ccc(-c5ccc(N(c6ccc(-c7ccccc7)cc6)c6ccc(-c7ccccc7)cc6)cc5)cc4)cc3)cc2)cc1. The van der Waals surface area contributed by atoms with Gasteiger partial charge in [-0.05, 0) is 134 Å². The van der Waals surface area contributed by atoms with Gasteiger partial charge in [-0.15, -0.1) is 0 Å². The zero-order chi connectivity index (χ0) is 43.1. The minimum absolute atomic E-state index is 1.09. The Kier molecular flexibility index (Phi) is 11.3. The Balaban J connectivity index is 0.912. The third-order valence-electron chi connectivity index (χ3n) is 11.9. The summed E-state index contributed by atoms with van der Waals surface area (Å²) in [5, 5.41) is 0. The number of hydrogen-bond acceptors (Lipinski definition) is 2. The number of benzene rings is 10. The summed E-state index contributed by atoms with van der Waals surface area (Å²) in [6, 6.07) is 93.4. The minimum Gasteiger partial charge on any atom is -0.311 e. The summed E-state index contributed by atoms with van der Waals surface area (Å²) in [5.41, 5.74) is 19.6. The summed E-state index contributed by atoms with van der Waals surface area (Å²) in [6.07, 6.45) is 1.87. The molecule has 0 aromatic heterocycles. The lowest BCUT2D eigenvalue weighted by Gasteiger charge is -2.26. The standard InChI is InChI=1S/C62H46N2/c1-2-46-18-20-49(21-19-46)50-22-24-51(25-23-50)54-30-40-58(41-31-54)63(57-16-10-5-11-17-57)59-42-32-55(33-43-59)56-34-44-62(45-35-56)64(60-36-26-52(27-37-60)47-12-6-3-7-13-47)61-38-28-53(29-39-61)48-14-8-4-9-15-48/h2-45H,1H2. The lowest BCUT2D eigenvalue weighted by molar-refractivity contribution is 1.28. The van der Waals surface area contributed by atoms with Gasteiger partial charge in [-0.25, -0.2) is 0 Å². The van der Waals surface area contributed by atoms with Gasteiger partial charge in [-0.1, -0.05) is 201 Å². The second-order valence-electron chi connectivity index (χ2n) is 15.9. The van der Waals surface area contributed by atoms with E-state index in [4.69, 9.17) is 0 Å². The van der Waals surface area contributed by atoms with Crippen LogP contribution in [-0.4, -0.2) is 0 Å². The van der Waals surface area contributed by atoms with Crippen molar-refractivity contribution in [2.45, 2.75) is 0 Å². The first-order chi connectivity index (χ1) is 31.7. The van der Waals surface area contributed by atoms with E-state index in [-0.39, 0.29) is 0 Å². The lowest BCUT2D eigenvalue weighted by atomic mass is 9.99. The highest BCUT2D eigenvalue weighted by molar-refractivity contribution is 5.83. The first-order valence-electron chi connectivity index (χ1n) is 21.8. The van der Waals surface area contributed by atoms with Crippen LogP contribution in [0.1, 0.15) is 5.56 Å². The molecule has 0 unspecified atom stereocenters. The largest absolute Gasteiger partial charge is 0.311 e. The molecule has 0 heterocycles. The molecule has 64 heavy (non-hydrogen) atoms. The molecule has 0 atom stereocenters. The van der Waals surface area contributed by atoms with Gasteiger partial charge in [0.2, 0.25) is 0 Å². The molecule has 0 aliphatic rings. The molecule has 304 valence electrons. The second kappa shape index (κ2) is 18.3. The molecule has 0 fully saturated rings. The monoisotopic (exact) mass is 818 g/mol. The van der Waals surface area contributed by atoms with Crippen molar-refractivity contribution in [3.63, 3.8) is 0 Å². The summed E-state index contributed by atoms with van der Waals surface area (Å²) in [4.78, 5) is 4.65. The van der Waals surface area contributed by atoms with Gasteiger partial charge in [0.15, 0.2) is 0 Å². The van der Waals surface area contributed by atoms with Crippen LogP contribution in [0.25, 0.3) is 61.7 Å². The third kappa shape index (κ3) is 8.54. The number of nitrogens with zero attached hydrogens (tertiary/aromatic N) is 2. The number of rotatable bonds is 12. The average molecular weight is 819 g/mol. The molecule has 10 rings (SSSR count). The quantitative estimate of drug-likeness (QED) is 0.121. The molecule has 0 bridgehead atoms. The van der Waals surface area contributed by atoms with Crippen LogP contribution in [0.2, 0.25) is 0 Å². The first kappa shape index (κ1) is 39.7. The van der Waals surface area contributed by atoms with E-state index in [1.54, 1.807) is 0 Å². The molecule has 0 aliphatic heterocycles. The maximum atomic E-state index is 3.88. The van der Waals surface area contributed by atoms with Crippen LogP contribution >= 0.6 is 0 Å². The molecule has 2 heteroatoms. The van der Waals surface area contributed by atoms with E-state index >= 15 is 0 Å². The van der Waals surface area contributed by atoms with E-state index in [9.17, 15) is 0 Å². The molecular weight excluding hydrogens is 773 g/mol. The Morgan fingerprint density at radius 3 is 0.641 bits per heavy atom. The van der Waals surface area contributed by atoms with E-state index in [2.05, 4.69) is 277 Å². The maximum absolute atomic E-state index is 3.88. The van der Waals surface area contributed by atoms with Crippen molar-refractivity contribution in [1.82, 2.24) is 0 Å². The second-order valence-corrected chi connectivity index (χ2v) is 15.9. The topological polar surface area (TPSA) is 6.48 Å². The van der Waals surface area contributed by atoms with E-state index < -0.39 is 0 Å². The fourth-order valence-electron chi connectivity index (χ4n) is 8.41. The van der Waals surface area contributed by atoms with Crippen molar-refractivity contribution in [2.75, 3.05) is 9.80 Å². The van der Waals surface area contributed by atoms with Gasteiger partial charge in [0, 0.05) is 34.1 Å². The van der Waals surface area contributed by atoms with Crippen LogP contribution in [-0.2, 0) is 0 Å². The van der Waals surface area contributed by atoms with E-state index in [0.717, 1.165) is 50.8 Å². The predicted molar refractivity (Wildman–Crippen MR) is 273 cm³/mol. The molecule has 0 N–H and O–H groups in total. The Morgan fingerprint density at radius 2 is 0.391 bits per heavy atom. The molecule has 0 spiro atoms. The van der Waals surface area contributed by atoms with Crippen molar-refractivity contribution >= 4 is 40.2 Å². The normalized spacial score (nSPS) is 10.9. The minimum atomic E-state index is 1.09. The third-order valence-corrected chi connectivity index (χ3v) is 11.9. The fraction of sp³-hybridized carbons (Fsp3) is 0. The molecule has 0 aliphatic carbocycles. The van der Waals surface area contributed by atoms with Crippen LogP contribution in [0.3, 0.4) is 0 Å². The predicted octanol–water partition coefficient (Wildman–Crippen LogP) is 17.6. The zero-order valence-corrected chi connectivity index (χ0v) is 35.5. The molecule has 0 amide bonds. The Bertz CT molecular complexity index is 2990. The summed E-state index contributed by atoms with van der Waals surface area (Å²) >= 11 is 0. The van der Waals surface area contributed by atoms with Crippen molar-refractivity contribution in [2.24, 2.45) is 0 Å². The number of anilines is 6. The number of hydrogen-bond donors (Lipinski definition) is 0. The van der Waals surface area contributed by atoms with Gasteiger partial charge in [-0.2, -0.15) is 0 Å². The summed E-state index contributed by atoms with van der Waals surface area (Å²) in [6.45, 7) is 3.88. The highest BCUT2D eigenvalue weighted by Gasteiger charge is 2.16. The molecule has 10 aromatic carbocycles. The molecule has 10 aromatic rings. The van der Waals surface area contributed by atoms with E-state index in [1.165, 1.54) is 44.5 Å². The molecular formula is C62H46N2. The number of para-hydroxylation sites is 1. The van der Waals surface area contributed by atoms with Crippen molar-refractivity contribution in [3.05, 3.63) is 273 Å². The van der Waals surface area contributed by atoms with E-state index in [1.807, 2.05) is 6.08 Å². The van der Waals surface area contributed by atoms with Gasteiger partial charge < -0.3 is 9.80 Å².